The molecule has 4 aromatic carbocycles. The molecule has 0 bridgehead atoms. The second-order valence-corrected chi connectivity index (χ2v) is 8.09. The number of benzene rings is 4. The minimum absolute atomic E-state index is 1.00. The van der Waals surface area contributed by atoms with Crippen LogP contribution >= 0.6 is 0 Å². The van der Waals surface area contributed by atoms with Gasteiger partial charge in [-0.2, -0.15) is 0 Å². The maximum Gasteiger partial charge on any atom is 0.0534 e. The summed E-state index contributed by atoms with van der Waals surface area (Å²) in [5.41, 5.74) is 9.09. The third-order valence-electron chi connectivity index (χ3n) is 6.12. The van der Waals surface area contributed by atoms with Gasteiger partial charge in [0.25, 0.3) is 0 Å². The Morgan fingerprint density at radius 1 is 0.676 bits per heavy atom. The van der Waals surface area contributed by atoms with E-state index in [0.29, 0.717) is 0 Å². The van der Waals surface area contributed by atoms with Crippen LogP contribution in [0.5, 0.6) is 0 Å². The molecular weight excluding hydrogens is 412 g/mol. The third kappa shape index (κ3) is 3.84. The predicted octanol–water partition coefficient (Wildman–Crippen LogP) is 9.25. The number of allylic oxidation sites excluding steroid dienone is 4. The lowest BCUT2D eigenvalue weighted by atomic mass is 9.95. The van der Waals surface area contributed by atoms with Gasteiger partial charge in [-0.3, -0.25) is 0 Å². The number of hydrogen-bond donors (Lipinski definition) is 1. The summed E-state index contributed by atoms with van der Waals surface area (Å²) in [5.74, 6) is 0. The van der Waals surface area contributed by atoms with Crippen LogP contribution in [-0.4, -0.2) is 4.98 Å². The average Bonchev–Trinajstić information content (AvgIpc) is 3.27. The van der Waals surface area contributed by atoms with Gasteiger partial charge < -0.3 is 9.88 Å². The van der Waals surface area contributed by atoms with Crippen molar-refractivity contribution >= 4 is 38.8 Å². The molecule has 1 N–H and O–H groups in total. The zero-order valence-corrected chi connectivity index (χ0v) is 19.6. The number of rotatable bonds is 2. The van der Waals surface area contributed by atoms with E-state index in [0.717, 1.165) is 28.0 Å². The van der Waals surface area contributed by atoms with Crippen molar-refractivity contribution in [3.63, 3.8) is 0 Å². The van der Waals surface area contributed by atoms with E-state index in [9.17, 15) is 0 Å². The van der Waals surface area contributed by atoms with E-state index in [1.54, 1.807) is 0 Å². The van der Waals surface area contributed by atoms with Crippen molar-refractivity contribution in [3.8, 4) is 11.1 Å². The van der Waals surface area contributed by atoms with E-state index in [1.165, 1.54) is 27.4 Å². The summed E-state index contributed by atoms with van der Waals surface area (Å²) in [7, 11) is 0. The fourth-order valence-corrected chi connectivity index (χ4v) is 4.50. The molecule has 1 aliphatic rings. The molecular formula is C32H28N2. The molecule has 34 heavy (non-hydrogen) atoms. The van der Waals surface area contributed by atoms with Crippen LogP contribution in [-0.2, 0) is 0 Å². The van der Waals surface area contributed by atoms with E-state index in [4.69, 9.17) is 0 Å². The molecule has 0 fully saturated rings. The Balaban J connectivity index is 0.00000117. The molecule has 1 aromatic heterocycles. The summed E-state index contributed by atoms with van der Waals surface area (Å²) >= 11 is 0. The maximum atomic E-state index is 4.35. The highest BCUT2D eigenvalue weighted by atomic mass is 15.1. The number of aromatic nitrogens is 1. The number of fused-ring (bicyclic) bond motifs is 4. The van der Waals surface area contributed by atoms with Crippen molar-refractivity contribution in [3.05, 3.63) is 128 Å². The monoisotopic (exact) mass is 440 g/mol. The topological polar surface area (TPSA) is 19.0 Å². The van der Waals surface area contributed by atoms with Gasteiger partial charge in [-0.15, -0.1) is 0 Å². The molecule has 2 nitrogen and oxygen atoms in total. The van der Waals surface area contributed by atoms with E-state index in [1.807, 2.05) is 26.0 Å². The van der Waals surface area contributed by atoms with Gasteiger partial charge in [-0.25, -0.2) is 0 Å². The second-order valence-electron chi connectivity index (χ2n) is 8.09. The van der Waals surface area contributed by atoms with Crippen LogP contribution in [0.3, 0.4) is 0 Å². The summed E-state index contributed by atoms with van der Waals surface area (Å²) < 4.78 is 0. The SMILES string of the molecule is C=C1/C=C\C=C/N(c2ccccc2)c2ccc(-c3ccc4[nH]c5ccccc5c4c3)cc21.CC. The van der Waals surface area contributed by atoms with Crippen LogP contribution in [0.1, 0.15) is 19.4 Å². The van der Waals surface area contributed by atoms with Gasteiger partial charge in [0.05, 0.1) is 5.69 Å². The maximum absolute atomic E-state index is 4.35. The normalized spacial score (nSPS) is 14.6. The van der Waals surface area contributed by atoms with Gasteiger partial charge in [0, 0.05) is 39.3 Å². The van der Waals surface area contributed by atoms with E-state index in [-0.39, 0.29) is 0 Å². The minimum atomic E-state index is 1.00. The quantitative estimate of drug-likeness (QED) is 0.290. The molecule has 0 saturated carbocycles. The molecule has 166 valence electrons. The third-order valence-corrected chi connectivity index (χ3v) is 6.12. The van der Waals surface area contributed by atoms with Gasteiger partial charge in [0.2, 0.25) is 0 Å². The van der Waals surface area contributed by atoms with Crippen LogP contribution < -0.4 is 4.90 Å². The Hall–Kier alpha value is -4.30. The van der Waals surface area contributed by atoms with Crippen LogP contribution in [0.25, 0.3) is 38.5 Å². The van der Waals surface area contributed by atoms with Crippen LogP contribution in [0.15, 0.2) is 122 Å². The molecule has 1 aliphatic heterocycles. The van der Waals surface area contributed by atoms with E-state index in [2.05, 4.69) is 120 Å². The fourth-order valence-electron chi connectivity index (χ4n) is 4.50. The van der Waals surface area contributed by atoms with E-state index >= 15 is 0 Å². The highest BCUT2D eigenvalue weighted by molar-refractivity contribution is 6.08. The van der Waals surface area contributed by atoms with Crippen molar-refractivity contribution in [1.82, 2.24) is 4.98 Å². The molecule has 0 atom stereocenters. The highest BCUT2D eigenvalue weighted by Gasteiger charge is 2.15. The highest BCUT2D eigenvalue weighted by Crippen LogP contribution is 2.38. The van der Waals surface area contributed by atoms with Crippen molar-refractivity contribution in [2.45, 2.75) is 13.8 Å². The summed E-state index contributed by atoms with van der Waals surface area (Å²) in [6.07, 6.45) is 8.28. The molecule has 2 heteroatoms. The number of anilines is 2. The van der Waals surface area contributed by atoms with Gasteiger partial charge in [0.15, 0.2) is 0 Å². The first-order valence-corrected chi connectivity index (χ1v) is 11.8. The van der Waals surface area contributed by atoms with Crippen molar-refractivity contribution < 1.29 is 0 Å². The predicted molar refractivity (Wildman–Crippen MR) is 148 cm³/mol. The summed E-state index contributed by atoms with van der Waals surface area (Å²) in [5, 5.41) is 2.50. The zero-order chi connectivity index (χ0) is 23.5. The fraction of sp³-hybridized carbons (Fsp3) is 0.0625. The zero-order valence-electron chi connectivity index (χ0n) is 19.6. The van der Waals surface area contributed by atoms with Gasteiger partial charge in [-0.05, 0) is 65.2 Å². The molecule has 0 saturated heterocycles. The lowest BCUT2D eigenvalue weighted by Crippen LogP contribution is -2.11. The van der Waals surface area contributed by atoms with Crippen molar-refractivity contribution in [1.29, 1.82) is 0 Å². The lowest BCUT2D eigenvalue weighted by Gasteiger charge is -2.25. The first-order valence-electron chi connectivity index (χ1n) is 11.8. The molecule has 6 rings (SSSR count). The summed E-state index contributed by atoms with van der Waals surface area (Å²) in [6, 6.07) is 32.2. The first kappa shape index (κ1) is 21.5. The number of nitrogens with zero attached hydrogens (tertiary/aromatic N) is 1. The molecule has 2 heterocycles. The first-order chi connectivity index (χ1) is 16.8. The number of nitrogens with one attached hydrogen (secondary N) is 1. The number of para-hydroxylation sites is 2. The van der Waals surface area contributed by atoms with Crippen LogP contribution in [0.4, 0.5) is 11.4 Å². The van der Waals surface area contributed by atoms with Crippen molar-refractivity contribution in [2.24, 2.45) is 0 Å². The van der Waals surface area contributed by atoms with Gasteiger partial charge >= 0.3 is 0 Å². The van der Waals surface area contributed by atoms with Gasteiger partial charge in [0.1, 0.15) is 0 Å². The molecule has 0 amide bonds. The van der Waals surface area contributed by atoms with Crippen LogP contribution in [0.2, 0.25) is 0 Å². The molecule has 5 aromatic rings. The molecule has 0 unspecified atom stereocenters. The van der Waals surface area contributed by atoms with Gasteiger partial charge in [-0.1, -0.05) is 81.1 Å². The summed E-state index contributed by atoms with van der Waals surface area (Å²) in [4.78, 5) is 5.73. The lowest BCUT2D eigenvalue weighted by molar-refractivity contribution is 1.27. The molecule has 0 aliphatic carbocycles. The standard InChI is InChI=1S/C30H22N2.C2H6/c1-21-9-7-8-18-32(24-10-3-2-4-11-24)30-17-15-23(19-26(21)30)22-14-16-29-27(20-22)25-12-5-6-13-28(25)31-29;1-2/h2-20,31H,1H2;1-2H3/b9-7-,18-8-;. The smallest absolute Gasteiger partial charge is 0.0534 e. The largest absolute Gasteiger partial charge is 0.355 e. The second kappa shape index (κ2) is 9.29. The Morgan fingerprint density at radius 2 is 1.38 bits per heavy atom. The Labute approximate surface area is 201 Å². The Morgan fingerprint density at radius 3 is 2.24 bits per heavy atom. The average molecular weight is 441 g/mol. The number of H-pyrrole nitrogens is 1. The Kier molecular flexibility index (Phi) is 5.88. The number of hydrogen-bond acceptors (Lipinski definition) is 1. The van der Waals surface area contributed by atoms with Crippen molar-refractivity contribution in [2.75, 3.05) is 4.90 Å². The van der Waals surface area contributed by atoms with E-state index < -0.39 is 0 Å². The molecule has 0 radical (unpaired) electrons. The molecule has 0 spiro atoms. The van der Waals surface area contributed by atoms with Crippen LogP contribution in [0, 0.1) is 0 Å². The minimum Gasteiger partial charge on any atom is -0.355 e. The summed E-state index contributed by atoms with van der Waals surface area (Å²) in [6.45, 7) is 8.35. The number of aromatic amines is 1. The Bertz CT molecular complexity index is 1530.